The van der Waals surface area contributed by atoms with E-state index in [2.05, 4.69) is 44.3 Å². The molecule has 1 aromatic carbocycles. The van der Waals surface area contributed by atoms with E-state index < -0.39 is 0 Å². The van der Waals surface area contributed by atoms with E-state index >= 15 is 0 Å². The fourth-order valence-electron chi connectivity index (χ4n) is 2.47. The van der Waals surface area contributed by atoms with Crippen LogP contribution in [0.15, 0.2) is 18.2 Å². The maximum absolute atomic E-state index is 6.01. The molecule has 3 nitrogen and oxygen atoms in total. The lowest BCUT2D eigenvalue weighted by Crippen LogP contribution is -2.20. The Bertz CT molecular complexity index is 419. The average molecular weight is 263 g/mol. The summed E-state index contributed by atoms with van der Waals surface area (Å²) in [7, 11) is 1.97. The van der Waals surface area contributed by atoms with Crippen LogP contribution in [-0.4, -0.2) is 25.9 Å². The van der Waals surface area contributed by atoms with Gasteiger partial charge in [-0.1, -0.05) is 12.1 Å². The molecule has 1 N–H and O–H groups in total. The molecule has 3 unspecified atom stereocenters. The van der Waals surface area contributed by atoms with E-state index in [9.17, 15) is 0 Å². The fourth-order valence-corrected chi connectivity index (χ4v) is 2.47. The molecule has 2 rings (SSSR count). The third-order valence-electron chi connectivity index (χ3n) is 3.81. The van der Waals surface area contributed by atoms with E-state index in [4.69, 9.17) is 9.47 Å². The number of rotatable bonds is 5. The highest BCUT2D eigenvalue weighted by Gasteiger charge is 2.22. The summed E-state index contributed by atoms with van der Waals surface area (Å²) in [5, 5.41) is 3.26. The van der Waals surface area contributed by atoms with Crippen LogP contribution in [0, 0.1) is 6.92 Å². The molecule has 3 atom stereocenters. The summed E-state index contributed by atoms with van der Waals surface area (Å²) in [6.45, 7) is 7.01. The standard InChI is InChI=1S/C16H25NO2/c1-11-5-8-15(13(3)17-4)16(9-11)18-10-14-7-6-12(2)19-14/h5,8-9,12-14,17H,6-7,10H2,1-4H3. The fraction of sp³-hybridized carbons (Fsp3) is 0.625. The molecule has 1 saturated heterocycles. The number of ether oxygens (including phenoxy) is 2. The van der Waals surface area contributed by atoms with Crippen LogP contribution in [0.4, 0.5) is 0 Å². The molecule has 0 saturated carbocycles. The van der Waals surface area contributed by atoms with Crippen LogP contribution in [0.1, 0.15) is 43.9 Å². The Balaban J connectivity index is 2.03. The van der Waals surface area contributed by atoms with Crippen LogP contribution in [0.5, 0.6) is 5.75 Å². The predicted octanol–water partition coefficient (Wildman–Crippen LogP) is 3.22. The van der Waals surface area contributed by atoms with Crippen LogP contribution in [0.25, 0.3) is 0 Å². The third-order valence-corrected chi connectivity index (χ3v) is 3.81. The van der Waals surface area contributed by atoms with Gasteiger partial charge in [-0.2, -0.15) is 0 Å². The van der Waals surface area contributed by atoms with Gasteiger partial charge in [0.2, 0.25) is 0 Å². The Hall–Kier alpha value is -1.06. The van der Waals surface area contributed by atoms with E-state index in [0.29, 0.717) is 18.8 Å². The molecular formula is C16H25NO2. The Morgan fingerprint density at radius 3 is 2.84 bits per heavy atom. The first-order chi connectivity index (χ1) is 9.10. The average Bonchev–Trinajstić information content (AvgIpc) is 2.81. The van der Waals surface area contributed by atoms with E-state index in [1.807, 2.05) is 7.05 Å². The molecule has 1 heterocycles. The van der Waals surface area contributed by atoms with E-state index in [1.54, 1.807) is 0 Å². The number of aryl methyl sites for hydroxylation is 1. The third kappa shape index (κ3) is 3.71. The summed E-state index contributed by atoms with van der Waals surface area (Å²) in [6, 6.07) is 6.68. The van der Waals surface area contributed by atoms with Crippen molar-refractivity contribution in [3.8, 4) is 5.75 Å². The Labute approximate surface area is 116 Å². The highest BCUT2D eigenvalue weighted by Crippen LogP contribution is 2.27. The largest absolute Gasteiger partial charge is 0.491 e. The highest BCUT2D eigenvalue weighted by atomic mass is 16.5. The summed E-state index contributed by atoms with van der Waals surface area (Å²) in [4.78, 5) is 0. The molecule has 1 aliphatic heterocycles. The minimum Gasteiger partial charge on any atom is -0.491 e. The summed E-state index contributed by atoms with van der Waals surface area (Å²) >= 11 is 0. The van der Waals surface area contributed by atoms with Crippen molar-refractivity contribution in [2.45, 2.75) is 51.9 Å². The lowest BCUT2D eigenvalue weighted by molar-refractivity contribution is 0.0261. The zero-order valence-corrected chi connectivity index (χ0v) is 12.4. The molecule has 0 aromatic heterocycles. The summed E-state index contributed by atoms with van der Waals surface area (Å²) in [5.41, 5.74) is 2.43. The first kappa shape index (κ1) is 14.4. The Kier molecular flexibility index (Phi) is 4.83. The summed E-state index contributed by atoms with van der Waals surface area (Å²) in [5.74, 6) is 0.977. The van der Waals surface area contributed by atoms with Crippen LogP contribution >= 0.6 is 0 Å². The van der Waals surface area contributed by atoms with Crippen LogP contribution in [-0.2, 0) is 4.74 Å². The van der Waals surface area contributed by atoms with Gasteiger partial charge in [0.05, 0.1) is 12.2 Å². The number of benzene rings is 1. The van der Waals surface area contributed by atoms with E-state index in [0.717, 1.165) is 18.6 Å². The molecule has 3 heteroatoms. The molecule has 0 spiro atoms. The van der Waals surface area contributed by atoms with Crippen LogP contribution in [0.3, 0.4) is 0 Å². The minimum absolute atomic E-state index is 0.244. The van der Waals surface area contributed by atoms with Crippen molar-refractivity contribution in [1.29, 1.82) is 0 Å². The van der Waals surface area contributed by atoms with Crippen molar-refractivity contribution in [3.05, 3.63) is 29.3 Å². The van der Waals surface area contributed by atoms with Gasteiger partial charge in [-0.05, 0) is 52.3 Å². The van der Waals surface area contributed by atoms with Crippen molar-refractivity contribution in [1.82, 2.24) is 5.32 Å². The monoisotopic (exact) mass is 263 g/mol. The second-order valence-corrected chi connectivity index (χ2v) is 5.51. The van der Waals surface area contributed by atoms with Gasteiger partial charge in [-0.25, -0.2) is 0 Å². The normalized spacial score (nSPS) is 24.4. The Morgan fingerprint density at radius 2 is 2.21 bits per heavy atom. The van der Waals surface area contributed by atoms with Crippen molar-refractivity contribution < 1.29 is 9.47 Å². The topological polar surface area (TPSA) is 30.5 Å². The number of nitrogens with one attached hydrogen (secondary N) is 1. The zero-order chi connectivity index (χ0) is 13.8. The minimum atomic E-state index is 0.244. The smallest absolute Gasteiger partial charge is 0.124 e. The van der Waals surface area contributed by atoms with Gasteiger partial charge >= 0.3 is 0 Å². The maximum Gasteiger partial charge on any atom is 0.124 e. The highest BCUT2D eigenvalue weighted by molar-refractivity contribution is 5.39. The lowest BCUT2D eigenvalue weighted by atomic mass is 10.1. The maximum atomic E-state index is 6.01. The number of hydrogen-bond acceptors (Lipinski definition) is 3. The van der Waals surface area contributed by atoms with Crippen molar-refractivity contribution >= 4 is 0 Å². The molecule has 0 bridgehead atoms. The molecule has 106 valence electrons. The van der Waals surface area contributed by atoms with E-state index in [-0.39, 0.29) is 6.10 Å². The quantitative estimate of drug-likeness (QED) is 0.884. The molecule has 0 aliphatic carbocycles. The van der Waals surface area contributed by atoms with Crippen LogP contribution < -0.4 is 10.1 Å². The van der Waals surface area contributed by atoms with Gasteiger partial charge in [0.25, 0.3) is 0 Å². The molecule has 0 radical (unpaired) electrons. The summed E-state index contributed by atoms with van der Waals surface area (Å²) < 4.78 is 11.8. The predicted molar refractivity (Wildman–Crippen MR) is 77.7 cm³/mol. The lowest BCUT2D eigenvalue weighted by Gasteiger charge is -2.19. The number of hydrogen-bond donors (Lipinski definition) is 1. The molecular weight excluding hydrogens is 238 g/mol. The second kappa shape index (κ2) is 6.40. The van der Waals surface area contributed by atoms with Crippen molar-refractivity contribution in [2.75, 3.05) is 13.7 Å². The molecule has 1 fully saturated rings. The van der Waals surface area contributed by atoms with Gasteiger partial charge in [-0.15, -0.1) is 0 Å². The first-order valence-electron chi connectivity index (χ1n) is 7.16. The SMILES string of the molecule is CNC(C)c1ccc(C)cc1OCC1CCC(C)O1. The summed E-state index contributed by atoms with van der Waals surface area (Å²) in [6.07, 6.45) is 2.86. The van der Waals surface area contributed by atoms with E-state index in [1.165, 1.54) is 11.1 Å². The molecule has 0 amide bonds. The second-order valence-electron chi connectivity index (χ2n) is 5.51. The molecule has 1 aromatic rings. The first-order valence-corrected chi connectivity index (χ1v) is 7.16. The van der Waals surface area contributed by atoms with Gasteiger partial charge in [0.15, 0.2) is 0 Å². The van der Waals surface area contributed by atoms with Crippen LogP contribution in [0.2, 0.25) is 0 Å². The molecule has 19 heavy (non-hydrogen) atoms. The Morgan fingerprint density at radius 1 is 1.42 bits per heavy atom. The van der Waals surface area contributed by atoms with Gasteiger partial charge in [-0.3, -0.25) is 0 Å². The van der Waals surface area contributed by atoms with Gasteiger partial charge in [0, 0.05) is 11.6 Å². The van der Waals surface area contributed by atoms with Crippen molar-refractivity contribution in [2.24, 2.45) is 0 Å². The van der Waals surface area contributed by atoms with Gasteiger partial charge in [0.1, 0.15) is 12.4 Å². The zero-order valence-electron chi connectivity index (χ0n) is 12.4. The van der Waals surface area contributed by atoms with Crippen molar-refractivity contribution in [3.63, 3.8) is 0 Å². The van der Waals surface area contributed by atoms with Gasteiger partial charge < -0.3 is 14.8 Å². The molecule has 1 aliphatic rings.